The topological polar surface area (TPSA) is 56.7 Å². The van der Waals surface area contributed by atoms with Gasteiger partial charge in [0.2, 0.25) is 0 Å². The largest absolute Gasteiger partial charge is 0.383 e. The molecule has 0 bridgehead atoms. The van der Waals surface area contributed by atoms with Crippen molar-refractivity contribution in [1.82, 2.24) is 14.5 Å². The molecule has 0 saturated heterocycles. The van der Waals surface area contributed by atoms with Crippen molar-refractivity contribution in [2.75, 3.05) is 5.73 Å². The minimum atomic E-state index is 0.561. The Morgan fingerprint density at radius 2 is 1.81 bits per heavy atom. The number of nitrogens with zero attached hydrogens (tertiary/aromatic N) is 3. The molecule has 0 amide bonds. The molecule has 0 radical (unpaired) electrons. The van der Waals surface area contributed by atoms with Crippen molar-refractivity contribution in [2.24, 2.45) is 0 Å². The molecule has 3 aromatic rings. The maximum Gasteiger partial charge on any atom is 0.150 e. The molecule has 108 valence electrons. The van der Waals surface area contributed by atoms with Crippen molar-refractivity contribution < 1.29 is 0 Å². The number of aromatic nitrogens is 3. The van der Waals surface area contributed by atoms with E-state index in [0.29, 0.717) is 11.6 Å². The predicted octanol–water partition coefficient (Wildman–Crippen LogP) is 3.49. The molecular formula is C17H20N4. The zero-order chi connectivity index (χ0) is 15.1. The molecule has 0 spiro atoms. The lowest BCUT2D eigenvalue weighted by Crippen LogP contribution is -2.03. The van der Waals surface area contributed by atoms with E-state index >= 15 is 0 Å². The maximum absolute atomic E-state index is 6.12. The number of aryl methyl sites for hydroxylation is 3. The van der Waals surface area contributed by atoms with Gasteiger partial charge in [0.25, 0.3) is 0 Å². The fraction of sp³-hybridized carbons (Fsp3) is 0.294. The number of hydrogen-bond donors (Lipinski definition) is 1. The second-order valence-electron chi connectivity index (χ2n) is 5.38. The fourth-order valence-corrected chi connectivity index (χ4v) is 2.93. The minimum Gasteiger partial charge on any atom is -0.383 e. The van der Waals surface area contributed by atoms with Crippen LogP contribution in [0.2, 0.25) is 0 Å². The van der Waals surface area contributed by atoms with E-state index in [1.54, 1.807) is 0 Å². The van der Waals surface area contributed by atoms with Crippen molar-refractivity contribution in [1.29, 1.82) is 0 Å². The van der Waals surface area contributed by atoms with Gasteiger partial charge >= 0.3 is 0 Å². The Balaban J connectivity index is 2.46. The van der Waals surface area contributed by atoms with Gasteiger partial charge in [-0.1, -0.05) is 25.1 Å². The zero-order valence-electron chi connectivity index (χ0n) is 12.9. The van der Waals surface area contributed by atoms with Gasteiger partial charge in [0, 0.05) is 5.69 Å². The van der Waals surface area contributed by atoms with Gasteiger partial charge in [-0.05, 0) is 44.4 Å². The summed E-state index contributed by atoms with van der Waals surface area (Å²) in [6.07, 6.45) is 0.980. The highest BCUT2D eigenvalue weighted by atomic mass is 15.1. The Morgan fingerprint density at radius 1 is 1.10 bits per heavy atom. The first-order chi connectivity index (χ1) is 10.0. The lowest BCUT2D eigenvalue weighted by Gasteiger charge is -2.12. The number of nitrogen functional groups attached to an aromatic ring is 1. The summed E-state index contributed by atoms with van der Waals surface area (Å²) in [4.78, 5) is 8.95. The molecule has 2 N–H and O–H groups in total. The summed E-state index contributed by atoms with van der Waals surface area (Å²) < 4.78 is 2.20. The number of fused-ring (bicyclic) bond motifs is 1. The van der Waals surface area contributed by atoms with Gasteiger partial charge in [0.15, 0.2) is 5.65 Å². The van der Waals surface area contributed by atoms with E-state index in [9.17, 15) is 0 Å². The quantitative estimate of drug-likeness (QED) is 0.781. The van der Waals surface area contributed by atoms with E-state index in [1.165, 1.54) is 11.3 Å². The molecule has 21 heavy (non-hydrogen) atoms. The normalized spacial score (nSPS) is 11.2. The summed E-state index contributed by atoms with van der Waals surface area (Å²) in [7, 11) is 0. The summed E-state index contributed by atoms with van der Waals surface area (Å²) in [6.45, 7) is 8.24. The molecule has 0 aliphatic heterocycles. The van der Waals surface area contributed by atoms with Crippen molar-refractivity contribution in [3.63, 3.8) is 0 Å². The average Bonchev–Trinajstić information content (AvgIpc) is 2.70. The van der Waals surface area contributed by atoms with Crippen molar-refractivity contribution in [2.45, 2.75) is 34.1 Å². The van der Waals surface area contributed by atoms with Crippen LogP contribution in [0.3, 0.4) is 0 Å². The van der Waals surface area contributed by atoms with Crippen LogP contribution in [0, 0.1) is 20.8 Å². The number of benzene rings is 1. The van der Waals surface area contributed by atoms with Crippen LogP contribution in [0.5, 0.6) is 0 Å². The van der Waals surface area contributed by atoms with E-state index in [4.69, 9.17) is 5.73 Å². The zero-order valence-corrected chi connectivity index (χ0v) is 12.9. The monoisotopic (exact) mass is 280 g/mol. The summed E-state index contributed by atoms with van der Waals surface area (Å²) in [6, 6.07) is 8.43. The van der Waals surface area contributed by atoms with Crippen LogP contribution in [0.15, 0.2) is 24.3 Å². The molecule has 2 heterocycles. The third-order valence-corrected chi connectivity index (χ3v) is 4.11. The van der Waals surface area contributed by atoms with Crippen LogP contribution in [0.4, 0.5) is 5.82 Å². The van der Waals surface area contributed by atoms with Gasteiger partial charge < -0.3 is 5.73 Å². The van der Waals surface area contributed by atoms with Crippen LogP contribution in [-0.2, 0) is 6.42 Å². The molecular weight excluding hydrogens is 260 g/mol. The van der Waals surface area contributed by atoms with E-state index in [0.717, 1.165) is 28.7 Å². The van der Waals surface area contributed by atoms with Gasteiger partial charge in [-0.3, -0.25) is 4.57 Å². The number of nitrogens with two attached hydrogens (primary N) is 1. The molecule has 4 heteroatoms. The second-order valence-corrected chi connectivity index (χ2v) is 5.38. The number of anilines is 1. The smallest absolute Gasteiger partial charge is 0.150 e. The molecule has 3 rings (SSSR count). The summed E-state index contributed by atoms with van der Waals surface area (Å²) in [5.41, 5.74) is 11.8. The highest BCUT2D eigenvalue weighted by molar-refractivity contribution is 5.92. The Morgan fingerprint density at radius 3 is 2.52 bits per heavy atom. The Hall–Kier alpha value is -2.36. The van der Waals surface area contributed by atoms with E-state index < -0.39 is 0 Å². The number of hydrogen-bond acceptors (Lipinski definition) is 3. The van der Waals surface area contributed by atoms with Crippen LogP contribution >= 0.6 is 0 Å². The highest BCUT2D eigenvalue weighted by Gasteiger charge is 2.18. The van der Waals surface area contributed by atoms with Gasteiger partial charge in [0.05, 0.1) is 11.1 Å². The first-order valence-corrected chi connectivity index (χ1v) is 7.24. The molecule has 0 fully saturated rings. The predicted molar refractivity (Wildman–Crippen MR) is 86.9 cm³/mol. The van der Waals surface area contributed by atoms with E-state index in [-0.39, 0.29) is 0 Å². The third-order valence-electron chi connectivity index (χ3n) is 4.11. The van der Waals surface area contributed by atoms with Gasteiger partial charge in [0.1, 0.15) is 11.6 Å². The van der Waals surface area contributed by atoms with Gasteiger partial charge in [-0.2, -0.15) is 0 Å². The van der Waals surface area contributed by atoms with Crippen molar-refractivity contribution in [3.8, 4) is 5.69 Å². The van der Waals surface area contributed by atoms with Crippen molar-refractivity contribution >= 4 is 16.9 Å². The summed E-state index contributed by atoms with van der Waals surface area (Å²) >= 11 is 0. The molecule has 0 aliphatic carbocycles. The van der Waals surface area contributed by atoms with Crippen LogP contribution in [-0.4, -0.2) is 14.5 Å². The molecule has 0 saturated carbocycles. The Bertz CT molecular complexity index is 830. The van der Waals surface area contributed by atoms with E-state index in [1.807, 2.05) is 6.92 Å². The Kier molecular flexibility index (Phi) is 3.16. The first-order valence-electron chi connectivity index (χ1n) is 7.24. The fourth-order valence-electron chi connectivity index (χ4n) is 2.93. The second kappa shape index (κ2) is 4.88. The molecule has 4 nitrogen and oxygen atoms in total. The van der Waals surface area contributed by atoms with E-state index in [2.05, 4.69) is 59.6 Å². The van der Waals surface area contributed by atoms with Crippen molar-refractivity contribution in [3.05, 3.63) is 46.9 Å². The standard InChI is InChI=1S/C17H20N4/c1-5-13-8-6-7-9-14(13)21-11(3)10(2)15-16(18)19-12(4)20-17(15)21/h6-9H,5H2,1-4H3,(H2,18,19,20). The molecule has 2 aromatic heterocycles. The maximum atomic E-state index is 6.12. The van der Waals surface area contributed by atoms with Gasteiger partial charge in [-0.15, -0.1) is 0 Å². The lowest BCUT2D eigenvalue weighted by molar-refractivity contribution is 0.967. The lowest BCUT2D eigenvalue weighted by atomic mass is 10.1. The number of rotatable bonds is 2. The third kappa shape index (κ3) is 1.98. The first kappa shape index (κ1) is 13.6. The molecule has 0 atom stereocenters. The van der Waals surface area contributed by atoms with Crippen LogP contribution < -0.4 is 5.73 Å². The minimum absolute atomic E-state index is 0.561. The Labute approximate surface area is 124 Å². The van der Waals surface area contributed by atoms with Crippen LogP contribution in [0.1, 0.15) is 29.6 Å². The highest BCUT2D eigenvalue weighted by Crippen LogP contribution is 2.31. The summed E-state index contributed by atoms with van der Waals surface area (Å²) in [5, 5.41) is 0.962. The molecule has 0 aliphatic rings. The average molecular weight is 280 g/mol. The van der Waals surface area contributed by atoms with Crippen LogP contribution in [0.25, 0.3) is 16.7 Å². The SMILES string of the molecule is CCc1ccccc1-n1c(C)c(C)c2c(N)nc(C)nc21. The molecule has 1 aromatic carbocycles. The molecule has 0 unspecified atom stereocenters. The van der Waals surface area contributed by atoms with Gasteiger partial charge in [-0.25, -0.2) is 9.97 Å². The summed E-state index contributed by atoms with van der Waals surface area (Å²) in [5.74, 6) is 1.26. The number of para-hydroxylation sites is 1.